The number of aromatic nitrogens is 3. The molecule has 188 valence electrons. The number of hydrogen-bond donors (Lipinski definition) is 0. The molecule has 36 heavy (non-hydrogen) atoms. The average molecular weight is 499 g/mol. The van der Waals surface area contributed by atoms with Crippen molar-refractivity contribution in [2.75, 3.05) is 31.3 Å². The number of alkyl halides is 3. The fourth-order valence-electron chi connectivity index (χ4n) is 5.42. The quantitative estimate of drug-likeness (QED) is 0.532. The third-order valence-electron chi connectivity index (χ3n) is 7.60. The Morgan fingerprint density at radius 1 is 1.17 bits per heavy atom. The molecule has 0 N–H and O–H groups in total. The van der Waals surface area contributed by atoms with Crippen LogP contribution in [0.2, 0.25) is 0 Å². The zero-order chi connectivity index (χ0) is 25.1. The van der Waals surface area contributed by atoms with E-state index in [1.807, 2.05) is 29.8 Å². The van der Waals surface area contributed by atoms with Gasteiger partial charge in [-0.1, -0.05) is 12.1 Å². The van der Waals surface area contributed by atoms with Gasteiger partial charge < -0.3 is 18.9 Å². The summed E-state index contributed by atoms with van der Waals surface area (Å²) in [6.07, 6.45) is -1.66. The van der Waals surface area contributed by atoms with E-state index in [-0.39, 0.29) is 29.0 Å². The zero-order valence-corrected chi connectivity index (χ0v) is 19.7. The Morgan fingerprint density at radius 2 is 2.00 bits per heavy atom. The summed E-state index contributed by atoms with van der Waals surface area (Å²) in [4.78, 5) is 14.9. The number of carbonyl (C=O) groups is 1. The molecule has 1 atom stereocenters. The van der Waals surface area contributed by atoms with E-state index in [0.717, 1.165) is 11.4 Å². The number of aryl methyl sites for hydroxylation is 1. The topological polar surface area (TPSA) is 69.5 Å². The van der Waals surface area contributed by atoms with Crippen molar-refractivity contribution < 1.29 is 27.4 Å². The Bertz CT molecular complexity index is 1330. The highest BCUT2D eigenvalue weighted by molar-refractivity contribution is 6.10. The number of amides is 1. The first kappa shape index (κ1) is 23.2. The van der Waals surface area contributed by atoms with Crippen molar-refractivity contribution in [3.05, 3.63) is 76.4 Å². The molecule has 1 amide bonds. The van der Waals surface area contributed by atoms with Gasteiger partial charge >= 0.3 is 6.18 Å². The number of anilines is 1. The van der Waals surface area contributed by atoms with Crippen LogP contribution < -0.4 is 4.90 Å². The van der Waals surface area contributed by atoms with Gasteiger partial charge in [0.1, 0.15) is 12.2 Å². The summed E-state index contributed by atoms with van der Waals surface area (Å²) in [5.41, 5.74) is 1.12. The molecule has 2 saturated heterocycles. The minimum Gasteiger partial charge on any atom is -0.381 e. The van der Waals surface area contributed by atoms with E-state index >= 15 is 0 Å². The van der Waals surface area contributed by atoms with Crippen molar-refractivity contribution in [1.29, 1.82) is 0 Å². The maximum Gasteiger partial charge on any atom is 0.416 e. The van der Waals surface area contributed by atoms with Gasteiger partial charge in [-0.25, -0.2) is 0 Å². The highest BCUT2D eigenvalue weighted by atomic mass is 19.4. The van der Waals surface area contributed by atoms with Crippen molar-refractivity contribution in [2.45, 2.75) is 36.9 Å². The summed E-state index contributed by atoms with van der Waals surface area (Å²) in [5, 5.41) is 8.15. The first-order chi connectivity index (χ1) is 17.2. The average Bonchev–Trinajstić information content (AvgIpc) is 3.57. The molecule has 3 aliphatic heterocycles. The van der Waals surface area contributed by atoms with Crippen LogP contribution in [0.15, 0.2) is 42.7 Å². The van der Waals surface area contributed by atoms with Gasteiger partial charge in [0.05, 0.1) is 31.9 Å². The minimum absolute atomic E-state index is 0.0290. The third-order valence-corrected chi connectivity index (χ3v) is 7.60. The SMILES string of the molecule is Cn1cnnc1CC1(c2cccc(N3Cc4c(cc(C5CCOC5)cc4C(F)(F)F)C3=O)c2)COC1. The lowest BCUT2D eigenvalue weighted by atomic mass is 9.75. The van der Waals surface area contributed by atoms with E-state index in [1.165, 1.54) is 11.0 Å². The zero-order valence-electron chi connectivity index (χ0n) is 19.7. The van der Waals surface area contributed by atoms with E-state index in [9.17, 15) is 18.0 Å². The molecule has 2 fully saturated rings. The molecule has 4 heterocycles. The predicted octanol–water partition coefficient (Wildman–Crippen LogP) is 4.01. The Labute approximate surface area is 205 Å². The number of fused-ring (bicyclic) bond motifs is 1. The molecule has 10 heteroatoms. The first-order valence-electron chi connectivity index (χ1n) is 11.9. The molecule has 6 rings (SSSR count). The molecule has 7 nitrogen and oxygen atoms in total. The fraction of sp³-hybridized carbons (Fsp3) is 0.423. The molecule has 0 spiro atoms. The Morgan fingerprint density at radius 3 is 2.64 bits per heavy atom. The smallest absolute Gasteiger partial charge is 0.381 e. The van der Waals surface area contributed by atoms with Gasteiger partial charge in [0, 0.05) is 42.7 Å². The van der Waals surface area contributed by atoms with Gasteiger partial charge in [0.25, 0.3) is 5.91 Å². The molecule has 0 bridgehead atoms. The highest BCUT2D eigenvalue weighted by Crippen LogP contribution is 2.43. The second kappa shape index (κ2) is 8.41. The van der Waals surface area contributed by atoms with E-state index in [4.69, 9.17) is 9.47 Å². The largest absolute Gasteiger partial charge is 0.416 e. The molecule has 1 unspecified atom stereocenters. The third kappa shape index (κ3) is 3.79. The summed E-state index contributed by atoms with van der Waals surface area (Å²) >= 11 is 0. The van der Waals surface area contributed by atoms with Crippen LogP contribution in [0.3, 0.4) is 0 Å². The standard InChI is InChI=1S/C26H25F3N4O3/c1-32-15-30-31-23(32)10-25(13-36-14-25)18-3-2-4-19(9-18)33-11-21-20(24(33)34)7-17(16-5-6-35-12-16)8-22(21)26(27,28)29/h2-4,7-9,15-16H,5-6,10-14H2,1H3. The normalized spacial score (nSPS) is 21.1. The Hall–Kier alpha value is -3.24. The first-order valence-corrected chi connectivity index (χ1v) is 11.9. The summed E-state index contributed by atoms with van der Waals surface area (Å²) in [5.74, 6) is 0.257. The van der Waals surface area contributed by atoms with E-state index in [1.54, 1.807) is 18.5 Å². The number of hydrogen-bond acceptors (Lipinski definition) is 5. The lowest BCUT2D eigenvalue weighted by Gasteiger charge is -2.42. The molecule has 2 aromatic carbocycles. The summed E-state index contributed by atoms with van der Waals surface area (Å²) in [6.45, 7) is 1.73. The molecule has 1 aromatic heterocycles. The maximum absolute atomic E-state index is 14.1. The minimum atomic E-state index is -4.55. The lowest BCUT2D eigenvalue weighted by Crippen LogP contribution is -2.49. The number of halogens is 3. The fourth-order valence-corrected chi connectivity index (χ4v) is 5.42. The molecule has 0 saturated carbocycles. The van der Waals surface area contributed by atoms with E-state index in [0.29, 0.717) is 50.5 Å². The van der Waals surface area contributed by atoms with Gasteiger partial charge in [0.2, 0.25) is 0 Å². The Balaban J connectivity index is 1.35. The number of carbonyl (C=O) groups excluding carboxylic acids is 1. The summed E-state index contributed by atoms with van der Waals surface area (Å²) < 4.78 is 55.0. The van der Waals surface area contributed by atoms with Crippen molar-refractivity contribution >= 4 is 11.6 Å². The van der Waals surface area contributed by atoms with Gasteiger partial charge in [-0.2, -0.15) is 13.2 Å². The van der Waals surface area contributed by atoms with Crippen LogP contribution in [0.25, 0.3) is 0 Å². The van der Waals surface area contributed by atoms with Crippen LogP contribution >= 0.6 is 0 Å². The molecule has 0 aliphatic carbocycles. The summed E-state index contributed by atoms with van der Waals surface area (Å²) in [7, 11) is 1.88. The molecular weight excluding hydrogens is 473 g/mol. The van der Waals surface area contributed by atoms with Crippen LogP contribution in [-0.4, -0.2) is 47.1 Å². The monoisotopic (exact) mass is 498 g/mol. The van der Waals surface area contributed by atoms with E-state index in [2.05, 4.69) is 10.2 Å². The molecular formula is C26H25F3N4O3. The summed E-state index contributed by atoms with van der Waals surface area (Å²) in [6, 6.07) is 10.3. The highest BCUT2D eigenvalue weighted by Gasteiger charge is 2.44. The van der Waals surface area contributed by atoms with Crippen molar-refractivity contribution in [2.24, 2.45) is 7.05 Å². The van der Waals surface area contributed by atoms with Crippen molar-refractivity contribution in [3.63, 3.8) is 0 Å². The number of ether oxygens (including phenoxy) is 2. The molecule has 0 radical (unpaired) electrons. The van der Waals surface area contributed by atoms with Crippen LogP contribution in [0.1, 0.15) is 50.8 Å². The van der Waals surface area contributed by atoms with Gasteiger partial charge in [-0.3, -0.25) is 4.79 Å². The van der Waals surface area contributed by atoms with Crippen LogP contribution in [-0.2, 0) is 41.1 Å². The van der Waals surface area contributed by atoms with Crippen LogP contribution in [0.5, 0.6) is 0 Å². The molecule has 3 aliphatic rings. The van der Waals surface area contributed by atoms with Crippen molar-refractivity contribution in [1.82, 2.24) is 14.8 Å². The number of rotatable bonds is 5. The lowest BCUT2D eigenvalue weighted by molar-refractivity contribution is -0.138. The van der Waals surface area contributed by atoms with Crippen LogP contribution in [0.4, 0.5) is 18.9 Å². The van der Waals surface area contributed by atoms with Gasteiger partial charge in [0.15, 0.2) is 0 Å². The second-order valence-electron chi connectivity index (χ2n) is 9.90. The van der Waals surface area contributed by atoms with Gasteiger partial charge in [-0.05, 0) is 47.4 Å². The molecule has 3 aromatic rings. The number of nitrogens with zero attached hydrogens (tertiary/aromatic N) is 4. The maximum atomic E-state index is 14.1. The predicted molar refractivity (Wildman–Crippen MR) is 124 cm³/mol. The van der Waals surface area contributed by atoms with Crippen LogP contribution in [0, 0.1) is 0 Å². The van der Waals surface area contributed by atoms with E-state index < -0.39 is 17.6 Å². The number of benzene rings is 2. The Kier molecular flexibility index (Phi) is 5.42. The second-order valence-corrected chi connectivity index (χ2v) is 9.90. The van der Waals surface area contributed by atoms with Gasteiger partial charge in [-0.15, -0.1) is 10.2 Å². The van der Waals surface area contributed by atoms with Crippen molar-refractivity contribution in [3.8, 4) is 0 Å².